The standard InChI is InChI=1S/C9H10F2O3/c1-12-5-4-6(13-2)8(11)9(14-3)7(5)10/h4H,1-3H3. The van der Waals surface area contributed by atoms with Gasteiger partial charge in [-0.3, -0.25) is 0 Å². The van der Waals surface area contributed by atoms with Gasteiger partial charge in [-0.1, -0.05) is 0 Å². The summed E-state index contributed by atoms with van der Waals surface area (Å²) in [6.45, 7) is 0. The van der Waals surface area contributed by atoms with Gasteiger partial charge in [0.15, 0.2) is 17.2 Å². The van der Waals surface area contributed by atoms with Crippen molar-refractivity contribution in [3.05, 3.63) is 17.7 Å². The number of ether oxygens (including phenoxy) is 3. The van der Waals surface area contributed by atoms with Gasteiger partial charge in [0, 0.05) is 6.07 Å². The molecule has 78 valence electrons. The molecular weight excluding hydrogens is 194 g/mol. The number of hydrogen-bond acceptors (Lipinski definition) is 3. The predicted molar refractivity (Wildman–Crippen MR) is 46.0 cm³/mol. The Bertz CT molecular complexity index is 311. The first-order chi connectivity index (χ1) is 6.65. The lowest BCUT2D eigenvalue weighted by Crippen LogP contribution is -1.99. The fourth-order valence-corrected chi connectivity index (χ4v) is 1.04. The Morgan fingerprint density at radius 3 is 1.57 bits per heavy atom. The minimum atomic E-state index is -0.881. The highest BCUT2D eigenvalue weighted by molar-refractivity contribution is 5.45. The number of benzene rings is 1. The maximum absolute atomic E-state index is 13.3. The van der Waals surface area contributed by atoms with Crippen molar-refractivity contribution in [2.75, 3.05) is 21.3 Å². The Morgan fingerprint density at radius 1 is 0.857 bits per heavy atom. The van der Waals surface area contributed by atoms with E-state index in [0.29, 0.717) is 0 Å². The summed E-state index contributed by atoms with van der Waals surface area (Å²) in [5, 5.41) is 0. The van der Waals surface area contributed by atoms with Crippen LogP contribution in [-0.2, 0) is 0 Å². The lowest BCUT2D eigenvalue weighted by atomic mass is 10.2. The molecule has 0 heterocycles. The molecule has 0 aliphatic heterocycles. The van der Waals surface area contributed by atoms with E-state index in [1.165, 1.54) is 21.3 Å². The highest BCUT2D eigenvalue weighted by atomic mass is 19.1. The molecule has 0 aromatic heterocycles. The molecule has 0 N–H and O–H groups in total. The van der Waals surface area contributed by atoms with Crippen LogP contribution in [-0.4, -0.2) is 21.3 Å². The van der Waals surface area contributed by atoms with Gasteiger partial charge in [0.25, 0.3) is 0 Å². The van der Waals surface area contributed by atoms with E-state index < -0.39 is 17.4 Å². The topological polar surface area (TPSA) is 27.7 Å². The normalized spacial score (nSPS) is 9.79. The van der Waals surface area contributed by atoms with Crippen LogP contribution in [0, 0.1) is 11.6 Å². The van der Waals surface area contributed by atoms with E-state index in [-0.39, 0.29) is 11.5 Å². The molecule has 3 nitrogen and oxygen atoms in total. The van der Waals surface area contributed by atoms with E-state index in [9.17, 15) is 8.78 Å². The van der Waals surface area contributed by atoms with Crippen LogP contribution in [0.1, 0.15) is 0 Å². The third-order valence-corrected chi connectivity index (χ3v) is 1.74. The molecule has 0 saturated heterocycles. The molecule has 0 spiro atoms. The summed E-state index contributed by atoms with van der Waals surface area (Å²) in [5.74, 6) is -2.52. The SMILES string of the molecule is COc1cc(OC)c(F)c(OC)c1F. The summed E-state index contributed by atoms with van der Waals surface area (Å²) in [5.41, 5.74) is 0. The van der Waals surface area contributed by atoms with Crippen molar-refractivity contribution >= 4 is 0 Å². The van der Waals surface area contributed by atoms with Gasteiger partial charge in [-0.15, -0.1) is 0 Å². The molecule has 0 radical (unpaired) electrons. The Kier molecular flexibility index (Phi) is 3.11. The van der Waals surface area contributed by atoms with Crippen molar-refractivity contribution in [2.45, 2.75) is 0 Å². The number of methoxy groups -OCH3 is 3. The lowest BCUT2D eigenvalue weighted by molar-refractivity contribution is 0.312. The molecular formula is C9H10F2O3. The van der Waals surface area contributed by atoms with Gasteiger partial charge in [0.1, 0.15) is 0 Å². The van der Waals surface area contributed by atoms with E-state index in [4.69, 9.17) is 0 Å². The maximum atomic E-state index is 13.3. The highest BCUT2D eigenvalue weighted by Gasteiger charge is 2.20. The molecule has 0 atom stereocenters. The van der Waals surface area contributed by atoms with Crippen LogP contribution in [0.3, 0.4) is 0 Å². The van der Waals surface area contributed by atoms with Crippen molar-refractivity contribution in [3.63, 3.8) is 0 Å². The fraction of sp³-hybridized carbons (Fsp3) is 0.333. The van der Waals surface area contributed by atoms with Crippen molar-refractivity contribution in [1.29, 1.82) is 0 Å². The summed E-state index contributed by atoms with van der Waals surface area (Å²) >= 11 is 0. The van der Waals surface area contributed by atoms with Crippen molar-refractivity contribution in [2.24, 2.45) is 0 Å². The summed E-state index contributed by atoms with van der Waals surface area (Å²) in [6, 6.07) is 1.12. The summed E-state index contributed by atoms with van der Waals surface area (Å²) in [7, 11) is 3.71. The summed E-state index contributed by atoms with van der Waals surface area (Å²) in [6.07, 6.45) is 0. The van der Waals surface area contributed by atoms with Gasteiger partial charge in [0.2, 0.25) is 11.6 Å². The zero-order chi connectivity index (χ0) is 10.7. The summed E-state index contributed by atoms with van der Waals surface area (Å²) < 4.78 is 40.5. The Morgan fingerprint density at radius 2 is 1.29 bits per heavy atom. The molecule has 0 bridgehead atoms. The average Bonchev–Trinajstić information content (AvgIpc) is 2.19. The van der Waals surface area contributed by atoms with Crippen LogP contribution < -0.4 is 14.2 Å². The van der Waals surface area contributed by atoms with Crippen molar-refractivity contribution in [3.8, 4) is 17.2 Å². The third-order valence-electron chi connectivity index (χ3n) is 1.74. The molecule has 0 amide bonds. The van der Waals surface area contributed by atoms with Crippen LogP contribution in [0.15, 0.2) is 6.07 Å². The molecule has 0 unspecified atom stereocenters. The zero-order valence-electron chi connectivity index (χ0n) is 8.06. The first-order valence-corrected chi connectivity index (χ1v) is 3.79. The van der Waals surface area contributed by atoms with Gasteiger partial charge < -0.3 is 14.2 Å². The molecule has 0 aliphatic rings. The lowest BCUT2D eigenvalue weighted by Gasteiger charge is -2.10. The third kappa shape index (κ3) is 1.57. The van der Waals surface area contributed by atoms with Gasteiger partial charge in [-0.2, -0.15) is 8.78 Å². The molecule has 0 saturated carbocycles. The smallest absolute Gasteiger partial charge is 0.210 e. The summed E-state index contributed by atoms with van der Waals surface area (Å²) in [4.78, 5) is 0. The molecule has 1 aromatic rings. The minimum Gasteiger partial charge on any atom is -0.493 e. The second-order valence-corrected chi connectivity index (χ2v) is 2.44. The first-order valence-electron chi connectivity index (χ1n) is 3.79. The molecule has 5 heteroatoms. The van der Waals surface area contributed by atoms with Gasteiger partial charge in [0.05, 0.1) is 21.3 Å². The number of hydrogen-bond donors (Lipinski definition) is 0. The number of halogens is 2. The van der Waals surface area contributed by atoms with Crippen LogP contribution in [0.4, 0.5) is 8.78 Å². The quantitative estimate of drug-likeness (QED) is 0.753. The monoisotopic (exact) mass is 204 g/mol. The fourth-order valence-electron chi connectivity index (χ4n) is 1.04. The Labute approximate surface area is 80.2 Å². The van der Waals surface area contributed by atoms with Crippen LogP contribution in [0.25, 0.3) is 0 Å². The Hall–Kier alpha value is -1.52. The molecule has 14 heavy (non-hydrogen) atoms. The van der Waals surface area contributed by atoms with E-state index in [1.807, 2.05) is 0 Å². The molecule has 1 aromatic carbocycles. The van der Waals surface area contributed by atoms with E-state index in [0.717, 1.165) is 6.07 Å². The largest absolute Gasteiger partial charge is 0.493 e. The van der Waals surface area contributed by atoms with Crippen molar-refractivity contribution < 1.29 is 23.0 Å². The van der Waals surface area contributed by atoms with E-state index in [1.54, 1.807) is 0 Å². The van der Waals surface area contributed by atoms with Crippen LogP contribution >= 0.6 is 0 Å². The van der Waals surface area contributed by atoms with Crippen LogP contribution in [0.2, 0.25) is 0 Å². The average molecular weight is 204 g/mol. The second-order valence-electron chi connectivity index (χ2n) is 2.44. The molecule has 1 rings (SSSR count). The predicted octanol–water partition coefficient (Wildman–Crippen LogP) is 1.99. The Balaban J connectivity index is 3.39. The zero-order valence-corrected chi connectivity index (χ0v) is 8.06. The maximum Gasteiger partial charge on any atom is 0.210 e. The van der Waals surface area contributed by atoms with Gasteiger partial charge in [-0.25, -0.2) is 0 Å². The number of rotatable bonds is 3. The van der Waals surface area contributed by atoms with Crippen LogP contribution in [0.5, 0.6) is 17.2 Å². The highest BCUT2D eigenvalue weighted by Crippen LogP contribution is 2.35. The van der Waals surface area contributed by atoms with Crippen molar-refractivity contribution in [1.82, 2.24) is 0 Å². The van der Waals surface area contributed by atoms with Gasteiger partial charge in [-0.05, 0) is 0 Å². The molecule has 0 aliphatic carbocycles. The van der Waals surface area contributed by atoms with Gasteiger partial charge >= 0.3 is 0 Å². The first kappa shape index (κ1) is 10.6. The second kappa shape index (κ2) is 4.13. The minimum absolute atomic E-state index is 0.125. The molecule has 0 fully saturated rings. The van der Waals surface area contributed by atoms with E-state index in [2.05, 4.69) is 14.2 Å². The van der Waals surface area contributed by atoms with E-state index >= 15 is 0 Å².